The molecule has 0 aromatic rings. The van der Waals surface area contributed by atoms with Crippen molar-refractivity contribution >= 4 is 0 Å². The molecule has 0 bridgehead atoms. The molecule has 0 spiro atoms. The number of hydrogen-bond acceptors (Lipinski definition) is 2. The van der Waals surface area contributed by atoms with Crippen LogP contribution >= 0.6 is 0 Å². The average molecular weight is 278 g/mol. The SMILES string of the molecule is C1CCC(N[C@@H]2CCCC[C@H]2NC2CCCCC2)CC1. The van der Waals surface area contributed by atoms with Crippen molar-refractivity contribution in [2.24, 2.45) is 0 Å². The molecule has 0 aromatic heterocycles. The van der Waals surface area contributed by atoms with Gasteiger partial charge in [-0.05, 0) is 38.5 Å². The lowest BCUT2D eigenvalue weighted by Gasteiger charge is -2.39. The highest BCUT2D eigenvalue weighted by Crippen LogP contribution is 2.25. The molecule has 0 unspecified atom stereocenters. The zero-order valence-corrected chi connectivity index (χ0v) is 13.2. The smallest absolute Gasteiger partial charge is 0.0223 e. The molecule has 0 heterocycles. The first-order valence-corrected chi connectivity index (χ1v) is 9.44. The van der Waals surface area contributed by atoms with Crippen molar-refractivity contribution in [1.29, 1.82) is 0 Å². The first-order chi connectivity index (χ1) is 9.92. The van der Waals surface area contributed by atoms with E-state index < -0.39 is 0 Å². The van der Waals surface area contributed by atoms with Gasteiger partial charge in [0.15, 0.2) is 0 Å². The van der Waals surface area contributed by atoms with Crippen LogP contribution in [0, 0.1) is 0 Å². The van der Waals surface area contributed by atoms with Crippen LogP contribution in [0.2, 0.25) is 0 Å². The molecule has 0 amide bonds. The molecule has 116 valence electrons. The van der Waals surface area contributed by atoms with E-state index in [1.54, 1.807) is 0 Å². The van der Waals surface area contributed by atoms with Crippen molar-refractivity contribution in [3.63, 3.8) is 0 Å². The molecule has 3 aliphatic rings. The fourth-order valence-electron chi connectivity index (χ4n) is 4.67. The van der Waals surface area contributed by atoms with Crippen molar-refractivity contribution in [1.82, 2.24) is 10.6 Å². The van der Waals surface area contributed by atoms with E-state index in [0.29, 0.717) is 0 Å². The Balaban J connectivity index is 1.49. The zero-order valence-electron chi connectivity index (χ0n) is 13.2. The Morgan fingerprint density at radius 1 is 0.400 bits per heavy atom. The van der Waals surface area contributed by atoms with Crippen molar-refractivity contribution in [3.8, 4) is 0 Å². The van der Waals surface area contributed by atoms with Crippen LogP contribution in [0.25, 0.3) is 0 Å². The molecule has 0 aromatic carbocycles. The quantitative estimate of drug-likeness (QED) is 0.807. The Morgan fingerprint density at radius 2 is 0.750 bits per heavy atom. The minimum Gasteiger partial charge on any atom is -0.310 e. The molecule has 3 aliphatic carbocycles. The van der Waals surface area contributed by atoms with Gasteiger partial charge in [0.25, 0.3) is 0 Å². The van der Waals surface area contributed by atoms with E-state index in [1.807, 2.05) is 0 Å². The molecular weight excluding hydrogens is 244 g/mol. The van der Waals surface area contributed by atoms with E-state index in [2.05, 4.69) is 10.6 Å². The van der Waals surface area contributed by atoms with E-state index in [9.17, 15) is 0 Å². The van der Waals surface area contributed by atoms with Gasteiger partial charge in [-0.25, -0.2) is 0 Å². The second kappa shape index (κ2) is 7.79. The summed E-state index contributed by atoms with van der Waals surface area (Å²) >= 11 is 0. The van der Waals surface area contributed by atoms with Crippen molar-refractivity contribution < 1.29 is 0 Å². The molecule has 3 saturated carbocycles. The highest BCUT2D eigenvalue weighted by molar-refractivity contribution is 4.91. The van der Waals surface area contributed by atoms with Crippen LogP contribution in [0.3, 0.4) is 0 Å². The van der Waals surface area contributed by atoms with Crippen LogP contribution in [0.1, 0.15) is 89.9 Å². The minimum atomic E-state index is 0.758. The fraction of sp³-hybridized carbons (Fsp3) is 1.00. The third-order valence-corrected chi connectivity index (χ3v) is 5.88. The van der Waals surface area contributed by atoms with E-state index in [-0.39, 0.29) is 0 Å². The monoisotopic (exact) mass is 278 g/mol. The van der Waals surface area contributed by atoms with Gasteiger partial charge in [-0.1, -0.05) is 51.4 Å². The maximum absolute atomic E-state index is 4.03. The molecule has 3 fully saturated rings. The summed E-state index contributed by atoms with van der Waals surface area (Å²) in [7, 11) is 0. The standard InChI is InChI=1S/C18H34N2/c1-3-9-15(10-4-1)19-17-13-7-8-14-18(17)20-16-11-5-2-6-12-16/h15-20H,1-14H2/t17-,18-/m1/s1. The summed E-state index contributed by atoms with van der Waals surface area (Å²) in [6, 6.07) is 3.16. The summed E-state index contributed by atoms with van der Waals surface area (Å²) < 4.78 is 0. The highest BCUT2D eigenvalue weighted by Gasteiger charge is 2.29. The van der Waals surface area contributed by atoms with Crippen molar-refractivity contribution in [2.75, 3.05) is 0 Å². The molecule has 2 atom stereocenters. The fourth-order valence-corrected chi connectivity index (χ4v) is 4.67. The van der Waals surface area contributed by atoms with Gasteiger partial charge in [0.05, 0.1) is 0 Å². The summed E-state index contributed by atoms with van der Waals surface area (Å²) in [6.07, 6.45) is 20.1. The Labute approximate surface area is 125 Å². The Hall–Kier alpha value is -0.0800. The molecule has 20 heavy (non-hydrogen) atoms. The van der Waals surface area contributed by atoms with E-state index in [4.69, 9.17) is 0 Å². The summed E-state index contributed by atoms with van der Waals surface area (Å²) in [5.74, 6) is 0. The predicted octanol–water partition coefficient (Wildman–Crippen LogP) is 4.14. The lowest BCUT2D eigenvalue weighted by Crippen LogP contribution is -2.55. The number of nitrogens with one attached hydrogen (secondary N) is 2. The largest absolute Gasteiger partial charge is 0.310 e. The van der Waals surface area contributed by atoms with Gasteiger partial charge >= 0.3 is 0 Å². The third-order valence-electron chi connectivity index (χ3n) is 5.88. The van der Waals surface area contributed by atoms with E-state index in [0.717, 1.165) is 24.2 Å². The van der Waals surface area contributed by atoms with Gasteiger partial charge in [-0.3, -0.25) is 0 Å². The maximum Gasteiger partial charge on any atom is 0.0223 e. The summed E-state index contributed by atoms with van der Waals surface area (Å²) in [4.78, 5) is 0. The predicted molar refractivity (Wildman–Crippen MR) is 86.1 cm³/mol. The minimum absolute atomic E-state index is 0.758. The van der Waals surface area contributed by atoms with Gasteiger partial charge in [0, 0.05) is 24.2 Å². The molecule has 0 saturated heterocycles. The van der Waals surface area contributed by atoms with Crippen LogP contribution < -0.4 is 10.6 Å². The third kappa shape index (κ3) is 4.21. The second-order valence-electron chi connectivity index (χ2n) is 7.50. The lowest BCUT2D eigenvalue weighted by molar-refractivity contribution is 0.214. The molecule has 0 aliphatic heterocycles. The molecule has 0 radical (unpaired) electrons. The Morgan fingerprint density at radius 3 is 1.15 bits per heavy atom. The van der Waals surface area contributed by atoms with Gasteiger partial charge in [0.1, 0.15) is 0 Å². The van der Waals surface area contributed by atoms with E-state index >= 15 is 0 Å². The first kappa shape index (κ1) is 14.8. The van der Waals surface area contributed by atoms with Crippen LogP contribution in [-0.4, -0.2) is 24.2 Å². The van der Waals surface area contributed by atoms with Crippen LogP contribution in [-0.2, 0) is 0 Å². The van der Waals surface area contributed by atoms with Crippen LogP contribution in [0.15, 0.2) is 0 Å². The maximum atomic E-state index is 4.03. The Kier molecular flexibility index (Phi) is 5.78. The van der Waals surface area contributed by atoms with Gasteiger partial charge in [-0.15, -0.1) is 0 Å². The normalized spacial score (nSPS) is 34.2. The van der Waals surface area contributed by atoms with Gasteiger partial charge in [-0.2, -0.15) is 0 Å². The van der Waals surface area contributed by atoms with Crippen LogP contribution in [0.5, 0.6) is 0 Å². The first-order valence-electron chi connectivity index (χ1n) is 9.44. The summed E-state index contributed by atoms with van der Waals surface area (Å²) in [6.45, 7) is 0. The van der Waals surface area contributed by atoms with Crippen molar-refractivity contribution in [2.45, 2.75) is 114 Å². The molecule has 3 rings (SSSR count). The number of hydrogen-bond donors (Lipinski definition) is 2. The van der Waals surface area contributed by atoms with Gasteiger partial charge in [0.2, 0.25) is 0 Å². The van der Waals surface area contributed by atoms with Gasteiger partial charge < -0.3 is 10.6 Å². The molecular formula is C18H34N2. The topological polar surface area (TPSA) is 24.1 Å². The van der Waals surface area contributed by atoms with Crippen LogP contribution in [0.4, 0.5) is 0 Å². The molecule has 2 heteroatoms. The second-order valence-corrected chi connectivity index (χ2v) is 7.50. The molecule has 2 nitrogen and oxygen atoms in total. The summed E-state index contributed by atoms with van der Waals surface area (Å²) in [5.41, 5.74) is 0. The lowest BCUT2D eigenvalue weighted by atomic mass is 9.86. The van der Waals surface area contributed by atoms with Crippen molar-refractivity contribution in [3.05, 3.63) is 0 Å². The van der Waals surface area contributed by atoms with E-state index in [1.165, 1.54) is 89.9 Å². The summed E-state index contributed by atoms with van der Waals surface area (Å²) in [5, 5.41) is 8.07. The highest BCUT2D eigenvalue weighted by atomic mass is 15.1. The number of rotatable bonds is 4. The average Bonchev–Trinajstić information content (AvgIpc) is 2.51. The Bertz CT molecular complexity index is 239. The zero-order chi connectivity index (χ0) is 13.6. The molecule has 2 N–H and O–H groups in total.